The molecule has 1 saturated heterocycles. The number of hydrogen-bond donors (Lipinski definition) is 0. The van der Waals surface area contributed by atoms with Crippen LogP contribution >= 0.6 is 22.7 Å². The fourth-order valence-electron chi connectivity index (χ4n) is 2.92. The number of hydrogen-bond acceptors (Lipinski definition) is 6. The first kappa shape index (κ1) is 14.1. The monoisotopic (exact) mass is 308 g/mol. The van der Waals surface area contributed by atoms with Gasteiger partial charge >= 0.3 is 0 Å². The van der Waals surface area contributed by atoms with Crippen molar-refractivity contribution in [3.8, 4) is 0 Å². The van der Waals surface area contributed by atoms with E-state index in [1.165, 1.54) is 10.0 Å². The molecule has 0 saturated carbocycles. The van der Waals surface area contributed by atoms with Gasteiger partial charge in [-0.05, 0) is 13.8 Å². The van der Waals surface area contributed by atoms with Crippen molar-refractivity contribution in [3.05, 3.63) is 33.2 Å². The van der Waals surface area contributed by atoms with E-state index in [0.29, 0.717) is 12.1 Å². The van der Waals surface area contributed by atoms with Gasteiger partial charge in [-0.25, -0.2) is 9.97 Å². The Morgan fingerprint density at radius 3 is 2.05 bits per heavy atom. The number of rotatable bonds is 4. The molecule has 3 heterocycles. The zero-order chi connectivity index (χ0) is 13.9. The normalized spacial score (nSPS) is 25.1. The van der Waals surface area contributed by atoms with Crippen LogP contribution in [-0.4, -0.2) is 44.9 Å². The Kier molecular flexibility index (Phi) is 4.45. The lowest BCUT2D eigenvalue weighted by Gasteiger charge is -2.44. The lowest BCUT2D eigenvalue weighted by atomic mass is 10.1. The number of nitrogens with zero attached hydrogens (tertiary/aromatic N) is 4. The van der Waals surface area contributed by atoms with E-state index in [1.807, 2.05) is 12.4 Å². The second-order valence-corrected chi connectivity index (χ2v) is 7.37. The van der Waals surface area contributed by atoms with Crippen molar-refractivity contribution in [2.45, 2.75) is 39.0 Å². The lowest BCUT2D eigenvalue weighted by Crippen LogP contribution is -2.55. The van der Waals surface area contributed by atoms with E-state index >= 15 is 0 Å². The predicted molar refractivity (Wildman–Crippen MR) is 84.0 cm³/mol. The van der Waals surface area contributed by atoms with Crippen molar-refractivity contribution in [2.75, 3.05) is 13.1 Å². The Morgan fingerprint density at radius 1 is 1.00 bits per heavy atom. The van der Waals surface area contributed by atoms with Crippen molar-refractivity contribution in [3.63, 3.8) is 0 Å². The van der Waals surface area contributed by atoms with Gasteiger partial charge in [0.05, 0.1) is 13.1 Å². The van der Waals surface area contributed by atoms with Gasteiger partial charge in [0.2, 0.25) is 0 Å². The molecule has 20 heavy (non-hydrogen) atoms. The molecule has 0 bridgehead atoms. The molecule has 1 fully saturated rings. The highest BCUT2D eigenvalue weighted by molar-refractivity contribution is 7.09. The Labute approximate surface area is 128 Å². The summed E-state index contributed by atoms with van der Waals surface area (Å²) in [6.45, 7) is 8.81. The van der Waals surface area contributed by atoms with Gasteiger partial charge in [-0.2, -0.15) is 0 Å². The largest absolute Gasteiger partial charge is 0.294 e. The van der Waals surface area contributed by atoms with Gasteiger partial charge in [0.25, 0.3) is 0 Å². The first-order valence-electron chi connectivity index (χ1n) is 6.97. The van der Waals surface area contributed by atoms with Crippen LogP contribution in [0.15, 0.2) is 23.2 Å². The SMILES string of the molecule is C[C@@H]1CN(Cc2nccs2)C[C@@H](C)N1Cc1nccs1. The molecule has 2 aromatic rings. The number of thiazole rings is 2. The van der Waals surface area contributed by atoms with Crippen molar-refractivity contribution in [1.82, 2.24) is 19.8 Å². The van der Waals surface area contributed by atoms with E-state index in [-0.39, 0.29) is 0 Å². The van der Waals surface area contributed by atoms with Crippen molar-refractivity contribution in [2.24, 2.45) is 0 Å². The third-order valence-electron chi connectivity index (χ3n) is 3.82. The Balaban J connectivity index is 1.61. The molecule has 0 aliphatic carbocycles. The van der Waals surface area contributed by atoms with Crippen LogP contribution in [0.25, 0.3) is 0 Å². The van der Waals surface area contributed by atoms with Gasteiger partial charge in [-0.3, -0.25) is 9.80 Å². The molecule has 0 N–H and O–H groups in total. The summed E-state index contributed by atoms with van der Waals surface area (Å²) in [6.07, 6.45) is 3.79. The highest BCUT2D eigenvalue weighted by atomic mass is 32.1. The highest BCUT2D eigenvalue weighted by Crippen LogP contribution is 2.21. The van der Waals surface area contributed by atoms with Crippen LogP contribution in [0, 0.1) is 0 Å². The minimum atomic E-state index is 0.558. The molecule has 2 atom stereocenters. The van der Waals surface area contributed by atoms with Crippen molar-refractivity contribution >= 4 is 22.7 Å². The third kappa shape index (κ3) is 3.25. The topological polar surface area (TPSA) is 32.3 Å². The standard InChI is InChI=1S/C14H20N4S2/c1-11-7-17(9-13-15-3-5-19-13)8-12(2)18(11)10-14-16-4-6-20-14/h3-6,11-12H,7-10H2,1-2H3/t11-,12-/m1/s1. The fraction of sp³-hybridized carbons (Fsp3) is 0.571. The fourth-order valence-corrected chi connectivity index (χ4v) is 4.20. The summed E-state index contributed by atoms with van der Waals surface area (Å²) in [5.41, 5.74) is 0. The lowest BCUT2D eigenvalue weighted by molar-refractivity contribution is 0.0289. The van der Waals surface area contributed by atoms with E-state index in [4.69, 9.17) is 0 Å². The van der Waals surface area contributed by atoms with Crippen molar-refractivity contribution < 1.29 is 0 Å². The molecule has 0 aromatic carbocycles. The first-order valence-corrected chi connectivity index (χ1v) is 8.73. The summed E-state index contributed by atoms with van der Waals surface area (Å²) in [4.78, 5) is 13.9. The number of aromatic nitrogens is 2. The van der Waals surface area contributed by atoms with E-state index in [2.05, 4.69) is 44.4 Å². The van der Waals surface area contributed by atoms with Crippen LogP contribution in [0.5, 0.6) is 0 Å². The average molecular weight is 308 g/mol. The molecule has 2 aromatic heterocycles. The summed E-state index contributed by atoms with van der Waals surface area (Å²) in [5.74, 6) is 0. The molecule has 0 radical (unpaired) electrons. The summed E-state index contributed by atoms with van der Waals surface area (Å²) >= 11 is 3.50. The second kappa shape index (κ2) is 6.30. The molecule has 0 amide bonds. The van der Waals surface area contributed by atoms with E-state index in [0.717, 1.165) is 26.2 Å². The van der Waals surface area contributed by atoms with E-state index in [9.17, 15) is 0 Å². The van der Waals surface area contributed by atoms with E-state index in [1.54, 1.807) is 22.7 Å². The van der Waals surface area contributed by atoms with Crippen LogP contribution in [-0.2, 0) is 13.1 Å². The van der Waals surface area contributed by atoms with Crippen LogP contribution in [0.2, 0.25) is 0 Å². The van der Waals surface area contributed by atoms with Gasteiger partial charge in [0, 0.05) is 48.3 Å². The van der Waals surface area contributed by atoms with Crippen molar-refractivity contribution in [1.29, 1.82) is 0 Å². The number of piperazine rings is 1. The second-order valence-electron chi connectivity index (χ2n) is 5.42. The first-order chi connectivity index (χ1) is 9.72. The summed E-state index contributed by atoms with van der Waals surface area (Å²) in [6, 6.07) is 1.12. The highest BCUT2D eigenvalue weighted by Gasteiger charge is 2.30. The molecule has 0 unspecified atom stereocenters. The predicted octanol–water partition coefficient (Wildman–Crippen LogP) is 2.69. The van der Waals surface area contributed by atoms with Gasteiger partial charge in [-0.15, -0.1) is 22.7 Å². The van der Waals surface area contributed by atoms with Crippen LogP contribution in [0.3, 0.4) is 0 Å². The zero-order valence-electron chi connectivity index (χ0n) is 11.9. The Bertz CT molecular complexity index is 499. The maximum atomic E-state index is 4.41. The van der Waals surface area contributed by atoms with Gasteiger partial charge in [0.1, 0.15) is 10.0 Å². The summed E-state index contributed by atoms with van der Waals surface area (Å²) < 4.78 is 0. The average Bonchev–Trinajstić information content (AvgIpc) is 3.06. The minimum absolute atomic E-state index is 0.558. The van der Waals surface area contributed by atoms with Crippen LogP contribution in [0.1, 0.15) is 23.9 Å². The molecule has 0 spiro atoms. The molecule has 1 aliphatic rings. The zero-order valence-corrected chi connectivity index (χ0v) is 13.5. The molecule has 3 rings (SSSR count). The third-order valence-corrected chi connectivity index (χ3v) is 5.35. The molecule has 6 heteroatoms. The van der Waals surface area contributed by atoms with Crippen LogP contribution in [0.4, 0.5) is 0 Å². The quantitative estimate of drug-likeness (QED) is 0.869. The van der Waals surface area contributed by atoms with Gasteiger partial charge in [-0.1, -0.05) is 0 Å². The minimum Gasteiger partial charge on any atom is -0.294 e. The maximum Gasteiger partial charge on any atom is 0.107 e. The molecule has 1 aliphatic heterocycles. The molecule has 4 nitrogen and oxygen atoms in total. The Hall–Kier alpha value is -0.820. The summed E-state index contributed by atoms with van der Waals surface area (Å²) in [5, 5.41) is 6.56. The molecular weight excluding hydrogens is 288 g/mol. The van der Waals surface area contributed by atoms with Crippen LogP contribution < -0.4 is 0 Å². The molecular formula is C14H20N4S2. The molecule has 108 valence electrons. The maximum absolute atomic E-state index is 4.41. The van der Waals surface area contributed by atoms with Gasteiger partial charge in [0.15, 0.2) is 0 Å². The smallest absolute Gasteiger partial charge is 0.107 e. The van der Waals surface area contributed by atoms with E-state index < -0.39 is 0 Å². The van der Waals surface area contributed by atoms with Gasteiger partial charge < -0.3 is 0 Å². The summed E-state index contributed by atoms with van der Waals surface area (Å²) in [7, 11) is 0. The Morgan fingerprint density at radius 2 is 1.55 bits per heavy atom.